The molecule has 2 aromatic carbocycles. The number of benzene rings is 2. The first kappa shape index (κ1) is 18.8. The van der Waals surface area contributed by atoms with Gasteiger partial charge in [0, 0.05) is 23.8 Å². The molecule has 0 spiro atoms. The molecule has 3 rings (SSSR count). The second kappa shape index (κ2) is 9.07. The maximum absolute atomic E-state index is 12.3. The van der Waals surface area contributed by atoms with E-state index in [0.717, 1.165) is 30.5 Å². The largest absolute Gasteiger partial charge is 0.446 e. The number of hydrogen-bond acceptors (Lipinski definition) is 3. The molecule has 1 aliphatic carbocycles. The van der Waals surface area contributed by atoms with E-state index >= 15 is 0 Å². The molecule has 0 aliphatic heterocycles. The Morgan fingerprint density at radius 3 is 2.48 bits per heavy atom. The van der Waals surface area contributed by atoms with Gasteiger partial charge in [0.2, 0.25) is 0 Å². The van der Waals surface area contributed by atoms with Crippen molar-refractivity contribution in [2.45, 2.75) is 44.8 Å². The number of nitrogens with one attached hydrogen (secondary N) is 3. The Labute approximate surface area is 159 Å². The van der Waals surface area contributed by atoms with Crippen LogP contribution in [0, 0.1) is 6.92 Å². The predicted molar refractivity (Wildman–Crippen MR) is 106 cm³/mol. The van der Waals surface area contributed by atoms with Crippen molar-refractivity contribution >= 4 is 23.5 Å². The second-order valence-corrected chi connectivity index (χ2v) is 6.80. The molecule has 2 aromatic rings. The molecule has 6 heteroatoms. The molecule has 0 heterocycles. The number of para-hydroxylation sites is 2. The summed E-state index contributed by atoms with van der Waals surface area (Å²) >= 11 is 0. The van der Waals surface area contributed by atoms with E-state index in [1.54, 1.807) is 0 Å². The fourth-order valence-electron chi connectivity index (χ4n) is 3.26. The van der Waals surface area contributed by atoms with E-state index in [1.165, 1.54) is 0 Å². The Hall–Kier alpha value is -3.02. The molecule has 3 amide bonds. The van der Waals surface area contributed by atoms with Gasteiger partial charge in [0.05, 0.1) is 0 Å². The number of hydrogen-bond donors (Lipinski definition) is 3. The van der Waals surface area contributed by atoms with Crippen LogP contribution in [0.4, 0.5) is 21.0 Å². The first-order valence-electron chi connectivity index (χ1n) is 9.26. The molecule has 0 radical (unpaired) electrons. The molecule has 2 atom stereocenters. The van der Waals surface area contributed by atoms with E-state index in [2.05, 4.69) is 16.0 Å². The summed E-state index contributed by atoms with van der Waals surface area (Å²) in [4.78, 5) is 24.3. The van der Waals surface area contributed by atoms with Gasteiger partial charge >= 0.3 is 12.1 Å². The maximum Gasteiger partial charge on any atom is 0.411 e. The van der Waals surface area contributed by atoms with Gasteiger partial charge in [-0.2, -0.15) is 0 Å². The normalized spacial score (nSPS) is 19.0. The lowest BCUT2D eigenvalue weighted by molar-refractivity contribution is 0.0779. The standard InChI is InChI=1S/C21H25N3O3/c1-15-8-5-6-13-19(15)24-20(25)22-17-11-7-12-18(14-17)27-21(26)23-16-9-3-2-4-10-16/h2-6,8-10,13,17-18H,7,11-12,14H2,1H3,(H,23,26)(H2,22,24,25)/t17-,18-/m1/s1. The molecule has 0 saturated heterocycles. The highest BCUT2D eigenvalue weighted by molar-refractivity contribution is 5.90. The first-order valence-corrected chi connectivity index (χ1v) is 9.26. The number of ether oxygens (including phenoxy) is 1. The molecule has 1 saturated carbocycles. The number of anilines is 2. The van der Waals surface area contributed by atoms with Crippen LogP contribution >= 0.6 is 0 Å². The zero-order valence-corrected chi connectivity index (χ0v) is 15.4. The molecule has 1 aliphatic rings. The minimum atomic E-state index is -0.462. The molecule has 0 aromatic heterocycles. The van der Waals surface area contributed by atoms with E-state index in [4.69, 9.17) is 4.74 Å². The summed E-state index contributed by atoms with van der Waals surface area (Å²) in [6.45, 7) is 1.95. The highest BCUT2D eigenvalue weighted by Crippen LogP contribution is 2.22. The third kappa shape index (κ3) is 5.74. The molecule has 142 valence electrons. The SMILES string of the molecule is Cc1ccccc1NC(=O)N[C@@H]1CCC[C@@H](OC(=O)Nc2ccccc2)C1. The monoisotopic (exact) mass is 367 g/mol. The van der Waals surface area contributed by atoms with E-state index < -0.39 is 6.09 Å². The first-order chi connectivity index (χ1) is 13.1. The lowest BCUT2D eigenvalue weighted by Crippen LogP contribution is -2.43. The molecular formula is C21H25N3O3. The van der Waals surface area contributed by atoms with Crippen LogP contribution in [0.25, 0.3) is 0 Å². The van der Waals surface area contributed by atoms with Gasteiger partial charge in [0.15, 0.2) is 0 Å². The topological polar surface area (TPSA) is 79.5 Å². The van der Waals surface area contributed by atoms with Gasteiger partial charge < -0.3 is 15.4 Å². The van der Waals surface area contributed by atoms with Gasteiger partial charge in [0.25, 0.3) is 0 Å². The van der Waals surface area contributed by atoms with Crippen molar-refractivity contribution < 1.29 is 14.3 Å². The summed E-state index contributed by atoms with van der Waals surface area (Å²) in [6, 6.07) is 16.6. The number of carbonyl (C=O) groups excluding carboxylic acids is 2. The Kier molecular flexibility index (Phi) is 6.30. The van der Waals surface area contributed by atoms with Crippen molar-refractivity contribution in [3.05, 3.63) is 60.2 Å². The van der Waals surface area contributed by atoms with Crippen molar-refractivity contribution in [3.63, 3.8) is 0 Å². The Morgan fingerprint density at radius 2 is 1.70 bits per heavy atom. The summed E-state index contributed by atoms with van der Waals surface area (Å²) in [5, 5.41) is 8.58. The van der Waals surface area contributed by atoms with Crippen LogP contribution in [0.1, 0.15) is 31.2 Å². The summed E-state index contributed by atoms with van der Waals surface area (Å²) in [6.07, 6.45) is 2.53. The lowest BCUT2D eigenvalue weighted by atomic mass is 9.93. The predicted octanol–water partition coefficient (Wildman–Crippen LogP) is 4.68. The van der Waals surface area contributed by atoms with Gasteiger partial charge in [-0.25, -0.2) is 9.59 Å². The van der Waals surface area contributed by atoms with Crippen LogP contribution in [0.2, 0.25) is 0 Å². The Balaban J connectivity index is 1.46. The molecule has 0 unspecified atom stereocenters. The van der Waals surface area contributed by atoms with Crippen LogP contribution in [0.15, 0.2) is 54.6 Å². The molecular weight excluding hydrogens is 342 g/mol. The highest BCUT2D eigenvalue weighted by Gasteiger charge is 2.26. The van der Waals surface area contributed by atoms with Crippen molar-refractivity contribution in [2.24, 2.45) is 0 Å². The average molecular weight is 367 g/mol. The van der Waals surface area contributed by atoms with E-state index in [-0.39, 0.29) is 18.2 Å². The van der Waals surface area contributed by atoms with Crippen LogP contribution in [0.5, 0.6) is 0 Å². The number of carbonyl (C=O) groups is 2. The third-order valence-electron chi connectivity index (χ3n) is 4.65. The third-order valence-corrected chi connectivity index (χ3v) is 4.65. The van der Waals surface area contributed by atoms with E-state index in [1.807, 2.05) is 61.5 Å². The quantitative estimate of drug-likeness (QED) is 0.734. The van der Waals surface area contributed by atoms with E-state index in [0.29, 0.717) is 12.1 Å². The average Bonchev–Trinajstić information content (AvgIpc) is 2.64. The van der Waals surface area contributed by atoms with Gasteiger partial charge in [-0.05, 0) is 49.9 Å². The second-order valence-electron chi connectivity index (χ2n) is 6.80. The summed E-state index contributed by atoms with van der Waals surface area (Å²) in [7, 11) is 0. The number of rotatable bonds is 4. The number of urea groups is 1. The molecule has 0 bridgehead atoms. The minimum absolute atomic E-state index is 0.0164. The Bertz CT molecular complexity index is 779. The molecule has 6 nitrogen and oxygen atoms in total. The molecule has 1 fully saturated rings. The van der Waals surface area contributed by atoms with Gasteiger partial charge in [-0.1, -0.05) is 36.4 Å². The fraction of sp³-hybridized carbons (Fsp3) is 0.333. The molecule has 3 N–H and O–H groups in total. The molecule has 27 heavy (non-hydrogen) atoms. The minimum Gasteiger partial charge on any atom is -0.446 e. The van der Waals surface area contributed by atoms with Gasteiger partial charge in [0.1, 0.15) is 6.10 Å². The van der Waals surface area contributed by atoms with Crippen molar-refractivity contribution in [3.8, 4) is 0 Å². The van der Waals surface area contributed by atoms with Crippen molar-refractivity contribution in [2.75, 3.05) is 10.6 Å². The van der Waals surface area contributed by atoms with E-state index in [9.17, 15) is 9.59 Å². The fourth-order valence-corrected chi connectivity index (χ4v) is 3.26. The Morgan fingerprint density at radius 1 is 0.963 bits per heavy atom. The highest BCUT2D eigenvalue weighted by atomic mass is 16.6. The van der Waals surface area contributed by atoms with Crippen LogP contribution < -0.4 is 16.0 Å². The zero-order valence-electron chi connectivity index (χ0n) is 15.4. The summed E-state index contributed by atoms with van der Waals surface area (Å²) in [5.74, 6) is 0. The van der Waals surface area contributed by atoms with Crippen LogP contribution in [0.3, 0.4) is 0 Å². The summed E-state index contributed by atoms with van der Waals surface area (Å²) < 4.78 is 5.52. The van der Waals surface area contributed by atoms with Crippen LogP contribution in [-0.2, 0) is 4.74 Å². The number of aryl methyl sites for hydroxylation is 1. The lowest BCUT2D eigenvalue weighted by Gasteiger charge is -2.29. The summed E-state index contributed by atoms with van der Waals surface area (Å²) in [5.41, 5.74) is 2.50. The van der Waals surface area contributed by atoms with Crippen molar-refractivity contribution in [1.82, 2.24) is 5.32 Å². The van der Waals surface area contributed by atoms with Gasteiger partial charge in [-0.3, -0.25) is 5.32 Å². The zero-order chi connectivity index (χ0) is 19.1. The van der Waals surface area contributed by atoms with Gasteiger partial charge in [-0.15, -0.1) is 0 Å². The maximum atomic E-state index is 12.3. The number of amides is 3. The van der Waals surface area contributed by atoms with Crippen molar-refractivity contribution in [1.29, 1.82) is 0 Å². The van der Waals surface area contributed by atoms with Crippen LogP contribution in [-0.4, -0.2) is 24.3 Å². The smallest absolute Gasteiger partial charge is 0.411 e.